The minimum absolute atomic E-state index is 0.0723. The number of hydrogen-bond donors (Lipinski definition) is 2. The van der Waals surface area contributed by atoms with Gasteiger partial charge in [-0.1, -0.05) is 22.9 Å². The Morgan fingerprint density at radius 2 is 2.15 bits per heavy atom. The highest BCUT2D eigenvalue weighted by molar-refractivity contribution is 9.10. The number of nitrogens with one attached hydrogen (secondary N) is 1. The van der Waals surface area contributed by atoms with Crippen molar-refractivity contribution in [3.63, 3.8) is 0 Å². The fraction of sp³-hybridized carbons (Fsp3) is 0.385. The van der Waals surface area contributed by atoms with Crippen LogP contribution in [0.3, 0.4) is 0 Å². The number of carbonyl (C=O) groups excluding carboxylic acids is 1. The lowest BCUT2D eigenvalue weighted by molar-refractivity contribution is -0.147. The number of rotatable bonds is 6. The first-order valence-corrected chi connectivity index (χ1v) is 6.70. The molecular weight excluding hydrogens is 333 g/mol. The summed E-state index contributed by atoms with van der Waals surface area (Å²) in [5.74, 6) is -2.44. The van der Waals surface area contributed by atoms with Gasteiger partial charge in [0.05, 0.1) is 0 Å². The number of carboxylic acids is 1. The molecule has 0 heterocycles. The maximum Gasteiger partial charge on any atom is 0.329 e. The van der Waals surface area contributed by atoms with Gasteiger partial charge in [-0.25, -0.2) is 9.18 Å². The molecule has 0 saturated heterocycles. The summed E-state index contributed by atoms with van der Waals surface area (Å²) in [5.41, 5.74) is -1.36. The third-order valence-electron chi connectivity index (χ3n) is 2.85. The molecule has 0 fully saturated rings. The van der Waals surface area contributed by atoms with Crippen molar-refractivity contribution in [3.8, 4) is 5.75 Å². The first kappa shape index (κ1) is 16.4. The van der Waals surface area contributed by atoms with Crippen molar-refractivity contribution in [1.82, 2.24) is 5.32 Å². The summed E-state index contributed by atoms with van der Waals surface area (Å²) < 4.78 is 19.0. The Hall–Kier alpha value is -1.63. The molecule has 0 saturated carbocycles. The molecule has 7 heteroatoms. The molecule has 5 nitrogen and oxygen atoms in total. The molecule has 110 valence electrons. The molecule has 1 unspecified atom stereocenters. The first-order valence-electron chi connectivity index (χ1n) is 5.90. The van der Waals surface area contributed by atoms with Crippen LogP contribution in [0, 0.1) is 5.82 Å². The predicted molar refractivity (Wildman–Crippen MR) is 74.1 cm³/mol. The average Bonchev–Trinajstić information content (AvgIpc) is 2.37. The highest BCUT2D eigenvalue weighted by atomic mass is 79.9. The van der Waals surface area contributed by atoms with Gasteiger partial charge in [0, 0.05) is 4.47 Å². The normalized spacial score (nSPS) is 13.4. The van der Waals surface area contributed by atoms with Crippen molar-refractivity contribution in [2.24, 2.45) is 0 Å². The molecule has 1 atom stereocenters. The van der Waals surface area contributed by atoms with Crippen LogP contribution < -0.4 is 10.1 Å². The van der Waals surface area contributed by atoms with Gasteiger partial charge in [0.2, 0.25) is 0 Å². The molecule has 0 aliphatic heterocycles. The fourth-order valence-corrected chi connectivity index (χ4v) is 1.71. The molecule has 2 N–H and O–H groups in total. The number of ether oxygens (including phenoxy) is 1. The maximum absolute atomic E-state index is 13.5. The lowest BCUT2D eigenvalue weighted by Gasteiger charge is -2.24. The number of benzene rings is 1. The third-order valence-corrected chi connectivity index (χ3v) is 3.34. The number of hydrogen-bond acceptors (Lipinski definition) is 3. The summed E-state index contributed by atoms with van der Waals surface area (Å²) in [6, 6.07) is 4.16. The Labute approximate surface area is 124 Å². The average molecular weight is 348 g/mol. The van der Waals surface area contributed by atoms with E-state index >= 15 is 0 Å². The molecule has 1 aromatic rings. The highest BCUT2D eigenvalue weighted by Crippen LogP contribution is 2.21. The van der Waals surface area contributed by atoms with Gasteiger partial charge in [-0.05, 0) is 31.5 Å². The molecule has 1 aromatic carbocycles. The number of halogens is 2. The number of amides is 1. The first-order chi connectivity index (χ1) is 9.28. The van der Waals surface area contributed by atoms with Crippen LogP contribution in [-0.2, 0) is 9.59 Å². The minimum Gasteiger partial charge on any atom is -0.481 e. The van der Waals surface area contributed by atoms with E-state index in [0.717, 1.165) is 0 Å². The lowest BCUT2D eigenvalue weighted by atomic mass is 9.99. The van der Waals surface area contributed by atoms with Gasteiger partial charge >= 0.3 is 5.97 Å². The maximum atomic E-state index is 13.5. The van der Waals surface area contributed by atoms with Gasteiger partial charge in [-0.2, -0.15) is 0 Å². The SMILES string of the molecule is CCC(C)(NC(=O)COc1ccc(Br)cc1F)C(=O)O. The monoisotopic (exact) mass is 347 g/mol. The summed E-state index contributed by atoms with van der Waals surface area (Å²) in [6.45, 7) is 2.58. The number of carbonyl (C=O) groups is 2. The zero-order chi connectivity index (χ0) is 15.3. The Morgan fingerprint density at radius 3 is 2.65 bits per heavy atom. The van der Waals surface area contributed by atoms with Crippen LogP contribution in [0.15, 0.2) is 22.7 Å². The summed E-state index contributed by atoms with van der Waals surface area (Å²) in [4.78, 5) is 22.7. The van der Waals surface area contributed by atoms with Crippen LogP contribution in [-0.4, -0.2) is 29.1 Å². The molecule has 0 aliphatic carbocycles. The molecule has 0 bridgehead atoms. The van der Waals surface area contributed by atoms with Gasteiger partial charge in [0.1, 0.15) is 5.54 Å². The summed E-state index contributed by atoms with van der Waals surface area (Å²) >= 11 is 3.10. The van der Waals surface area contributed by atoms with E-state index in [9.17, 15) is 14.0 Å². The third kappa shape index (κ3) is 4.19. The zero-order valence-corrected chi connectivity index (χ0v) is 12.7. The van der Waals surface area contributed by atoms with Gasteiger partial charge in [0.25, 0.3) is 5.91 Å². The minimum atomic E-state index is -1.36. The smallest absolute Gasteiger partial charge is 0.329 e. The van der Waals surface area contributed by atoms with Crippen LogP contribution >= 0.6 is 15.9 Å². The van der Waals surface area contributed by atoms with Crippen LogP contribution in [0.25, 0.3) is 0 Å². The van der Waals surface area contributed by atoms with E-state index in [4.69, 9.17) is 9.84 Å². The largest absolute Gasteiger partial charge is 0.481 e. The van der Waals surface area contributed by atoms with Crippen LogP contribution in [0.4, 0.5) is 4.39 Å². The van der Waals surface area contributed by atoms with Crippen LogP contribution in [0.5, 0.6) is 5.75 Å². The van der Waals surface area contributed by atoms with Crippen LogP contribution in [0.2, 0.25) is 0 Å². The Balaban J connectivity index is 2.62. The molecule has 1 rings (SSSR count). The topological polar surface area (TPSA) is 75.6 Å². The lowest BCUT2D eigenvalue weighted by Crippen LogP contribution is -2.53. The van der Waals surface area contributed by atoms with E-state index < -0.39 is 29.8 Å². The highest BCUT2D eigenvalue weighted by Gasteiger charge is 2.32. The quantitative estimate of drug-likeness (QED) is 0.828. The van der Waals surface area contributed by atoms with Gasteiger partial charge < -0.3 is 15.2 Å². The van der Waals surface area contributed by atoms with Crippen molar-refractivity contribution in [2.75, 3.05) is 6.61 Å². The van der Waals surface area contributed by atoms with Crippen molar-refractivity contribution in [2.45, 2.75) is 25.8 Å². The van der Waals surface area contributed by atoms with Gasteiger partial charge in [-0.15, -0.1) is 0 Å². The van der Waals surface area contributed by atoms with E-state index in [-0.39, 0.29) is 12.2 Å². The molecule has 0 aliphatic rings. The second-order valence-electron chi connectivity index (χ2n) is 4.40. The summed E-state index contributed by atoms with van der Waals surface area (Å²) in [7, 11) is 0. The van der Waals surface area contributed by atoms with Crippen LogP contribution in [0.1, 0.15) is 20.3 Å². The zero-order valence-electron chi connectivity index (χ0n) is 11.1. The Bertz CT molecular complexity index is 523. The van der Waals surface area contributed by atoms with E-state index in [2.05, 4.69) is 21.2 Å². The van der Waals surface area contributed by atoms with E-state index in [0.29, 0.717) is 4.47 Å². The molecule has 20 heavy (non-hydrogen) atoms. The molecular formula is C13H15BrFNO4. The van der Waals surface area contributed by atoms with Gasteiger partial charge in [0.15, 0.2) is 18.2 Å². The molecule has 0 spiro atoms. The summed E-state index contributed by atoms with van der Waals surface area (Å²) in [5, 5.41) is 11.4. The molecule has 0 aromatic heterocycles. The van der Waals surface area contributed by atoms with E-state index in [1.165, 1.54) is 19.1 Å². The second-order valence-corrected chi connectivity index (χ2v) is 5.32. The fourth-order valence-electron chi connectivity index (χ4n) is 1.37. The summed E-state index contributed by atoms with van der Waals surface area (Å²) in [6.07, 6.45) is 0.223. The Kier molecular flexibility index (Phi) is 5.50. The van der Waals surface area contributed by atoms with E-state index in [1.807, 2.05) is 0 Å². The molecule has 1 amide bonds. The van der Waals surface area contributed by atoms with Crippen molar-refractivity contribution in [1.29, 1.82) is 0 Å². The Morgan fingerprint density at radius 1 is 1.50 bits per heavy atom. The number of aliphatic carboxylic acids is 1. The number of carboxylic acid groups (broad SMARTS) is 1. The second kappa shape index (κ2) is 6.69. The van der Waals surface area contributed by atoms with Crippen molar-refractivity contribution >= 4 is 27.8 Å². The van der Waals surface area contributed by atoms with Gasteiger partial charge in [-0.3, -0.25) is 4.79 Å². The van der Waals surface area contributed by atoms with Crippen molar-refractivity contribution in [3.05, 3.63) is 28.5 Å². The standard InChI is InChI=1S/C13H15BrFNO4/c1-3-13(2,12(18)19)16-11(17)7-20-10-5-4-8(14)6-9(10)15/h4-6H,3,7H2,1-2H3,(H,16,17)(H,18,19). The van der Waals surface area contributed by atoms with Crippen molar-refractivity contribution < 1.29 is 23.8 Å². The molecule has 0 radical (unpaired) electrons. The van der Waals surface area contributed by atoms with E-state index in [1.54, 1.807) is 13.0 Å². The predicted octanol–water partition coefficient (Wildman–Crippen LogP) is 2.34.